The van der Waals surface area contributed by atoms with E-state index in [4.69, 9.17) is 0 Å². The van der Waals surface area contributed by atoms with Crippen LogP contribution in [0.1, 0.15) is 48.6 Å². The fourth-order valence-corrected chi connectivity index (χ4v) is 13.8. The summed E-state index contributed by atoms with van der Waals surface area (Å²) in [6.45, 7) is 7.15. The van der Waals surface area contributed by atoms with Gasteiger partial charge < -0.3 is 4.90 Å². The first-order valence-corrected chi connectivity index (χ1v) is 25.6. The van der Waals surface area contributed by atoms with Crippen molar-refractivity contribution < 1.29 is 0 Å². The van der Waals surface area contributed by atoms with Crippen molar-refractivity contribution in [1.82, 2.24) is 0 Å². The molecule has 0 radical (unpaired) electrons. The lowest BCUT2D eigenvalue weighted by Gasteiger charge is -2.29. The Bertz CT molecular complexity index is 4080. The number of hydrogen-bond donors (Lipinski definition) is 0. The molecule has 12 aromatic rings. The summed E-state index contributed by atoms with van der Waals surface area (Å²) in [6.07, 6.45) is 0. The van der Waals surface area contributed by atoms with Crippen molar-refractivity contribution in [2.75, 3.05) is 4.90 Å². The standard InChI is InChI=1S/C69H49NS/c1-68(2)60-27-12-9-22-54(60)58-26-15-24-51(66(58)68)46-33-39-50(40-34-46)70(63-29-14-11-23-56(63)57-25-16-30-64-65(57)59-42-35-45-17-7-8-20-52(45)67(59)71-64)49-37-31-44(32-38-49)47-36-41-55-53-21-10-13-28-61(53)69(3,62(55)43-47)48-18-5-4-6-19-48/h4-43H,1-3H3. The number of thiophene rings is 1. The molecule has 336 valence electrons. The van der Waals surface area contributed by atoms with Crippen molar-refractivity contribution >= 4 is 59.3 Å². The van der Waals surface area contributed by atoms with E-state index in [-0.39, 0.29) is 10.8 Å². The molecule has 1 atom stereocenters. The van der Waals surface area contributed by atoms with Gasteiger partial charge >= 0.3 is 0 Å². The maximum absolute atomic E-state index is 2.46. The number of para-hydroxylation sites is 1. The molecule has 0 amide bonds. The van der Waals surface area contributed by atoms with Crippen LogP contribution >= 0.6 is 11.3 Å². The molecule has 0 fully saturated rings. The molecule has 1 heterocycles. The third-order valence-electron chi connectivity index (χ3n) is 16.0. The van der Waals surface area contributed by atoms with Gasteiger partial charge in [-0.2, -0.15) is 0 Å². The largest absolute Gasteiger partial charge is 0.310 e. The van der Waals surface area contributed by atoms with Crippen LogP contribution in [-0.2, 0) is 10.8 Å². The molecule has 0 saturated carbocycles. The first-order valence-electron chi connectivity index (χ1n) is 24.8. The van der Waals surface area contributed by atoms with Crippen LogP contribution in [0.15, 0.2) is 243 Å². The Labute approximate surface area is 419 Å². The molecule has 1 aromatic heterocycles. The van der Waals surface area contributed by atoms with Crippen molar-refractivity contribution in [1.29, 1.82) is 0 Å². The first kappa shape index (κ1) is 41.7. The molecule has 0 saturated heterocycles. The van der Waals surface area contributed by atoms with Gasteiger partial charge in [0.2, 0.25) is 0 Å². The number of benzene rings is 11. The zero-order valence-electron chi connectivity index (χ0n) is 39.9. The van der Waals surface area contributed by atoms with Crippen LogP contribution in [0.4, 0.5) is 17.1 Å². The molecular weight excluding hydrogens is 875 g/mol. The summed E-state index contributed by atoms with van der Waals surface area (Å²) in [5.74, 6) is 0. The highest BCUT2D eigenvalue weighted by molar-refractivity contribution is 7.26. The molecule has 2 heteroatoms. The van der Waals surface area contributed by atoms with Crippen LogP contribution in [0.2, 0.25) is 0 Å². The van der Waals surface area contributed by atoms with E-state index in [2.05, 4.69) is 268 Å². The maximum Gasteiger partial charge on any atom is 0.0540 e. The van der Waals surface area contributed by atoms with Crippen LogP contribution < -0.4 is 4.90 Å². The second-order valence-corrected chi connectivity index (χ2v) is 21.1. The zero-order valence-corrected chi connectivity index (χ0v) is 40.8. The monoisotopic (exact) mass is 923 g/mol. The van der Waals surface area contributed by atoms with Gasteiger partial charge in [0.1, 0.15) is 0 Å². The predicted octanol–water partition coefficient (Wildman–Crippen LogP) is 19.3. The third kappa shape index (κ3) is 6.24. The zero-order chi connectivity index (χ0) is 47.4. The van der Waals surface area contributed by atoms with E-state index >= 15 is 0 Å². The summed E-state index contributed by atoms with van der Waals surface area (Å²) in [7, 11) is 0. The molecule has 2 aliphatic carbocycles. The topological polar surface area (TPSA) is 3.24 Å². The van der Waals surface area contributed by atoms with Crippen LogP contribution in [0.25, 0.3) is 86.6 Å². The molecule has 2 aliphatic rings. The smallest absolute Gasteiger partial charge is 0.0540 e. The van der Waals surface area contributed by atoms with E-state index < -0.39 is 0 Å². The van der Waals surface area contributed by atoms with Crippen molar-refractivity contribution in [2.45, 2.75) is 31.6 Å². The number of rotatable bonds is 7. The van der Waals surface area contributed by atoms with Crippen LogP contribution in [-0.4, -0.2) is 0 Å². The minimum absolute atomic E-state index is 0.115. The van der Waals surface area contributed by atoms with Crippen molar-refractivity contribution in [3.8, 4) is 55.6 Å². The Hall–Kier alpha value is -8.30. The third-order valence-corrected chi connectivity index (χ3v) is 17.2. The van der Waals surface area contributed by atoms with Gasteiger partial charge in [0.25, 0.3) is 0 Å². The SMILES string of the molecule is CC1(C)c2ccccc2-c2cccc(-c3ccc(N(c4ccc(-c5ccc6c(c5)C(C)(c5ccccc5)c5ccccc5-6)cc4)c4ccccc4-c4cccc5sc6c7ccccc7ccc6c45)cc3)c21. The molecule has 1 unspecified atom stereocenters. The lowest BCUT2D eigenvalue weighted by molar-refractivity contribution is 0.662. The summed E-state index contributed by atoms with van der Waals surface area (Å²) in [5.41, 5.74) is 22.4. The summed E-state index contributed by atoms with van der Waals surface area (Å²) < 4.78 is 2.63. The quantitative estimate of drug-likeness (QED) is 0.154. The molecule has 71 heavy (non-hydrogen) atoms. The number of nitrogens with zero attached hydrogens (tertiary/aromatic N) is 1. The van der Waals surface area contributed by atoms with E-state index in [0.29, 0.717) is 0 Å². The van der Waals surface area contributed by atoms with Crippen molar-refractivity contribution in [3.05, 3.63) is 270 Å². The minimum Gasteiger partial charge on any atom is -0.310 e. The van der Waals surface area contributed by atoms with E-state index in [1.807, 2.05) is 11.3 Å². The molecule has 11 aromatic carbocycles. The van der Waals surface area contributed by atoms with Gasteiger partial charge in [-0.15, -0.1) is 11.3 Å². The summed E-state index contributed by atoms with van der Waals surface area (Å²) >= 11 is 1.90. The highest BCUT2D eigenvalue weighted by Gasteiger charge is 2.41. The number of anilines is 3. The van der Waals surface area contributed by atoms with Gasteiger partial charge in [0, 0.05) is 47.9 Å². The van der Waals surface area contributed by atoms with Gasteiger partial charge in [-0.05, 0) is 138 Å². The normalized spacial score (nSPS) is 15.1. The average Bonchev–Trinajstić information content (AvgIpc) is 4.03. The van der Waals surface area contributed by atoms with Gasteiger partial charge in [-0.1, -0.05) is 214 Å². The molecule has 1 nitrogen and oxygen atoms in total. The van der Waals surface area contributed by atoms with Gasteiger partial charge in [-0.25, -0.2) is 0 Å². The van der Waals surface area contributed by atoms with E-state index in [1.54, 1.807) is 0 Å². The van der Waals surface area contributed by atoms with Crippen molar-refractivity contribution in [3.63, 3.8) is 0 Å². The van der Waals surface area contributed by atoms with E-state index in [1.165, 1.54) is 114 Å². The lowest BCUT2D eigenvalue weighted by Crippen LogP contribution is -2.22. The minimum atomic E-state index is -0.265. The molecular formula is C69H49NS. The van der Waals surface area contributed by atoms with E-state index in [0.717, 1.165) is 17.1 Å². The Morgan fingerprint density at radius 1 is 0.366 bits per heavy atom. The highest BCUT2D eigenvalue weighted by atomic mass is 32.1. The van der Waals surface area contributed by atoms with Crippen LogP contribution in [0, 0.1) is 0 Å². The summed E-state index contributed by atoms with van der Waals surface area (Å²) in [4.78, 5) is 2.46. The average molecular weight is 924 g/mol. The van der Waals surface area contributed by atoms with E-state index in [9.17, 15) is 0 Å². The van der Waals surface area contributed by atoms with Crippen molar-refractivity contribution in [2.24, 2.45) is 0 Å². The predicted molar refractivity (Wildman–Crippen MR) is 303 cm³/mol. The molecule has 0 bridgehead atoms. The van der Waals surface area contributed by atoms with Gasteiger partial charge in [-0.3, -0.25) is 0 Å². The maximum atomic E-state index is 2.46. The number of fused-ring (bicyclic) bond motifs is 11. The molecule has 14 rings (SSSR count). The Balaban J connectivity index is 0.915. The first-order chi connectivity index (χ1) is 34.9. The number of hydrogen-bond acceptors (Lipinski definition) is 2. The van der Waals surface area contributed by atoms with Crippen LogP contribution in [0.3, 0.4) is 0 Å². The Morgan fingerprint density at radius 2 is 0.944 bits per heavy atom. The Morgan fingerprint density at radius 3 is 1.73 bits per heavy atom. The van der Waals surface area contributed by atoms with Gasteiger partial charge in [0.05, 0.1) is 5.69 Å². The van der Waals surface area contributed by atoms with Gasteiger partial charge in [0.15, 0.2) is 0 Å². The summed E-state index contributed by atoms with van der Waals surface area (Å²) in [6, 6.07) is 90.6. The second kappa shape index (κ2) is 15.9. The second-order valence-electron chi connectivity index (χ2n) is 20.1. The molecule has 0 spiro atoms. The molecule has 0 N–H and O–H groups in total. The molecule has 0 aliphatic heterocycles. The summed E-state index contributed by atoms with van der Waals surface area (Å²) in [5, 5.41) is 5.19. The Kier molecular flexibility index (Phi) is 9.31. The fraction of sp³-hybridized carbons (Fsp3) is 0.0725. The van der Waals surface area contributed by atoms with Crippen LogP contribution in [0.5, 0.6) is 0 Å². The fourth-order valence-electron chi connectivity index (χ4n) is 12.5. The lowest BCUT2D eigenvalue weighted by atomic mass is 9.74. The highest BCUT2D eigenvalue weighted by Crippen LogP contribution is 2.55.